The third-order valence-corrected chi connectivity index (χ3v) is 4.29. The number of rotatable bonds is 7. The molecule has 0 spiro atoms. The van der Waals surface area contributed by atoms with Gasteiger partial charge in [0.05, 0.1) is 0 Å². The van der Waals surface area contributed by atoms with Crippen molar-refractivity contribution in [3.05, 3.63) is 83.7 Å². The minimum absolute atomic E-state index is 0.126. The number of aromatic nitrogens is 2. The lowest BCUT2D eigenvalue weighted by molar-refractivity contribution is -0.116. The van der Waals surface area contributed by atoms with Crippen LogP contribution in [0, 0.1) is 0 Å². The van der Waals surface area contributed by atoms with Crippen molar-refractivity contribution in [1.82, 2.24) is 14.9 Å². The topological polar surface area (TPSA) is 46.9 Å². The molecule has 5 heteroatoms. The predicted octanol–water partition coefficient (Wildman–Crippen LogP) is 4.42. The van der Waals surface area contributed by atoms with E-state index in [2.05, 4.69) is 14.9 Å². The van der Waals surface area contributed by atoms with Gasteiger partial charge in [0, 0.05) is 42.1 Å². The Labute approximate surface area is 158 Å². The van der Waals surface area contributed by atoms with Crippen LogP contribution in [-0.2, 0) is 11.3 Å². The van der Waals surface area contributed by atoms with E-state index in [-0.39, 0.29) is 5.91 Å². The molecule has 0 saturated heterocycles. The van der Waals surface area contributed by atoms with E-state index in [4.69, 9.17) is 11.6 Å². The zero-order valence-electron chi connectivity index (χ0n) is 14.3. The number of amides is 1. The second kappa shape index (κ2) is 9.02. The molecule has 1 N–H and O–H groups in total. The third-order valence-electron chi connectivity index (χ3n) is 3.94. The van der Waals surface area contributed by atoms with E-state index in [0.717, 1.165) is 29.9 Å². The first kappa shape index (κ1) is 18.0. The number of nitrogens with one attached hydrogen (secondary N) is 1. The third kappa shape index (κ3) is 4.83. The quantitative estimate of drug-likeness (QED) is 0.497. The highest BCUT2D eigenvalue weighted by molar-refractivity contribution is 6.32. The lowest BCUT2D eigenvalue weighted by atomic mass is 10.2. The Kier molecular flexibility index (Phi) is 6.23. The molecule has 3 rings (SSSR count). The second-order valence-corrected chi connectivity index (χ2v) is 6.22. The van der Waals surface area contributed by atoms with E-state index in [0.29, 0.717) is 11.6 Å². The van der Waals surface area contributed by atoms with Crippen LogP contribution in [0.2, 0.25) is 5.02 Å². The standard InChI is InChI=1S/C21H20ClN3O/c22-19-10-5-4-7-17(19)11-12-20(26)23-13-6-15-25-16-14-24-21(25)18-8-2-1-3-9-18/h1-5,7-12,14,16H,6,13,15H2,(H,23,26)/b12-11+. The van der Waals surface area contributed by atoms with Crippen molar-refractivity contribution < 1.29 is 4.79 Å². The molecule has 0 atom stereocenters. The van der Waals surface area contributed by atoms with E-state index in [1.807, 2.05) is 54.7 Å². The molecule has 4 nitrogen and oxygen atoms in total. The summed E-state index contributed by atoms with van der Waals surface area (Å²) in [6.45, 7) is 1.39. The minimum atomic E-state index is -0.126. The zero-order valence-corrected chi connectivity index (χ0v) is 15.1. The van der Waals surface area contributed by atoms with Crippen LogP contribution in [0.3, 0.4) is 0 Å². The molecule has 0 aliphatic carbocycles. The van der Waals surface area contributed by atoms with E-state index >= 15 is 0 Å². The largest absolute Gasteiger partial charge is 0.352 e. The van der Waals surface area contributed by atoms with Gasteiger partial charge in [-0.1, -0.05) is 60.1 Å². The molecule has 3 aromatic rings. The lowest BCUT2D eigenvalue weighted by Gasteiger charge is -2.08. The number of imidazole rings is 1. The van der Waals surface area contributed by atoms with Gasteiger partial charge in [0.15, 0.2) is 0 Å². The van der Waals surface area contributed by atoms with Gasteiger partial charge < -0.3 is 9.88 Å². The van der Waals surface area contributed by atoms with Crippen LogP contribution in [0.1, 0.15) is 12.0 Å². The van der Waals surface area contributed by atoms with Crippen LogP contribution in [0.5, 0.6) is 0 Å². The number of carbonyl (C=O) groups excluding carboxylic acids is 1. The lowest BCUT2D eigenvalue weighted by Crippen LogP contribution is -2.23. The molecule has 132 valence electrons. The first-order valence-electron chi connectivity index (χ1n) is 8.51. The van der Waals surface area contributed by atoms with Crippen molar-refractivity contribution in [2.45, 2.75) is 13.0 Å². The Hall–Kier alpha value is -2.85. The van der Waals surface area contributed by atoms with E-state index in [9.17, 15) is 4.79 Å². The van der Waals surface area contributed by atoms with Crippen molar-refractivity contribution in [1.29, 1.82) is 0 Å². The van der Waals surface area contributed by atoms with Crippen LogP contribution in [0.15, 0.2) is 73.1 Å². The molecule has 0 aliphatic rings. The molecule has 0 fully saturated rings. The average molecular weight is 366 g/mol. The van der Waals surface area contributed by atoms with Gasteiger partial charge >= 0.3 is 0 Å². The van der Waals surface area contributed by atoms with Crippen molar-refractivity contribution in [2.75, 3.05) is 6.54 Å². The monoisotopic (exact) mass is 365 g/mol. The summed E-state index contributed by atoms with van der Waals surface area (Å²) in [5.74, 6) is 0.814. The van der Waals surface area contributed by atoms with E-state index < -0.39 is 0 Å². The zero-order chi connectivity index (χ0) is 18.2. The Morgan fingerprint density at radius 3 is 2.69 bits per heavy atom. The number of halogens is 1. The molecule has 0 saturated carbocycles. The smallest absolute Gasteiger partial charge is 0.244 e. The summed E-state index contributed by atoms with van der Waals surface area (Å²) >= 11 is 6.07. The normalized spacial score (nSPS) is 11.0. The number of hydrogen-bond donors (Lipinski definition) is 1. The maximum atomic E-state index is 11.9. The van der Waals surface area contributed by atoms with Gasteiger partial charge in [-0.2, -0.15) is 0 Å². The summed E-state index contributed by atoms with van der Waals surface area (Å²) in [7, 11) is 0. The van der Waals surface area contributed by atoms with E-state index in [1.54, 1.807) is 18.3 Å². The van der Waals surface area contributed by atoms with Crippen molar-refractivity contribution in [3.63, 3.8) is 0 Å². The first-order valence-corrected chi connectivity index (χ1v) is 8.89. The van der Waals surface area contributed by atoms with Crippen LogP contribution in [-0.4, -0.2) is 22.0 Å². The van der Waals surface area contributed by atoms with Crippen LogP contribution in [0.4, 0.5) is 0 Å². The minimum Gasteiger partial charge on any atom is -0.352 e. The fourth-order valence-corrected chi connectivity index (χ4v) is 2.83. The van der Waals surface area contributed by atoms with Crippen molar-refractivity contribution in [3.8, 4) is 11.4 Å². The molecule has 2 aromatic carbocycles. The SMILES string of the molecule is O=C(/C=C/c1ccccc1Cl)NCCCn1ccnc1-c1ccccc1. The number of nitrogens with zero attached hydrogens (tertiary/aromatic N) is 2. The number of hydrogen-bond acceptors (Lipinski definition) is 2. The van der Waals surface area contributed by atoms with Gasteiger partial charge in [0.1, 0.15) is 5.82 Å². The number of benzene rings is 2. The molecule has 1 amide bonds. The highest BCUT2D eigenvalue weighted by Gasteiger charge is 2.05. The molecular formula is C21H20ClN3O. The highest BCUT2D eigenvalue weighted by Crippen LogP contribution is 2.17. The summed E-state index contributed by atoms with van der Waals surface area (Å²) < 4.78 is 2.10. The predicted molar refractivity (Wildman–Crippen MR) is 106 cm³/mol. The van der Waals surface area contributed by atoms with Gasteiger partial charge in [0.25, 0.3) is 0 Å². The van der Waals surface area contributed by atoms with Gasteiger partial charge in [-0.3, -0.25) is 4.79 Å². The Balaban J connectivity index is 1.47. The molecule has 0 aliphatic heterocycles. The van der Waals surface area contributed by atoms with Crippen molar-refractivity contribution >= 4 is 23.6 Å². The highest BCUT2D eigenvalue weighted by atomic mass is 35.5. The summed E-state index contributed by atoms with van der Waals surface area (Å²) in [6.07, 6.45) is 7.81. The molecule has 0 unspecified atom stereocenters. The Morgan fingerprint density at radius 2 is 1.88 bits per heavy atom. The average Bonchev–Trinajstić information content (AvgIpc) is 3.14. The molecular weight excluding hydrogens is 346 g/mol. The number of aryl methyl sites for hydroxylation is 1. The first-order chi connectivity index (χ1) is 12.7. The molecule has 0 radical (unpaired) electrons. The van der Waals surface area contributed by atoms with Crippen molar-refractivity contribution in [2.24, 2.45) is 0 Å². The maximum Gasteiger partial charge on any atom is 0.244 e. The molecule has 1 heterocycles. The fourth-order valence-electron chi connectivity index (χ4n) is 2.63. The Morgan fingerprint density at radius 1 is 1.12 bits per heavy atom. The summed E-state index contributed by atoms with van der Waals surface area (Å²) in [5, 5.41) is 3.52. The van der Waals surface area contributed by atoms with Gasteiger partial charge in [0.2, 0.25) is 5.91 Å². The summed E-state index contributed by atoms with van der Waals surface area (Å²) in [4.78, 5) is 16.3. The summed E-state index contributed by atoms with van der Waals surface area (Å²) in [5.41, 5.74) is 1.92. The summed E-state index contributed by atoms with van der Waals surface area (Å²) in [6, 6.07) is 17.5. The van der Waals surface area contributed by atoms with Gasteiger partial charge in [-0.15, -0.1) is 0 Å². The molecule has 26 heavy (non-hydrogen) atoms. The fraction of sp³-hybridized carbons (Fsp3) is 0.143. The second-order valence-electron chi connectivity index (χ2n) is 5.81. The van der Waals surface area contributed by atoms with E-state index in [1.165, 1.54) is 6.08 Å². The number of carbonyl (C=O) groups is 1. The van der Waals surface area contributed by atoms with Crippen LogP contribution < -0.4 is 5.32 Å². The van der Waals surface area contributed by atoms with Crippen LogP contribution >= 0.6 is 11.6 Å². The van der Waals surface area contributed by atoms with Gasteiger partial charge in [-0.25, -0.2) is 4.98 Å². The van der Waals surface area contributed by atoms with Gasteiger partial charge in [-0.05, 0) is 24.1 Å². The van der Waals surface area contributed by atoms with Crippen LogP contribution in [0.25, 0.3) is 17.5 Å². The molecule has 0 bridgehead atoms. The maximum absolute atomic E-state index is 11.9. The Bertz CT molecular complexity index is 887. The molecule has 1 aromatic heterocycles.